The zero-order valence-corrected chi connectivity index (χ0v) is 22.7. The van der Waals surface area contributed by atoms with Crippen molar-refractivity contribution in [2.45, 2.75) is 26.8 Å². The normalized spacial score (nSPS) is 17.2. The van der Waals surface area contributed by atoms with Gasteiger partial charge in [0, 0.05) is 31.9 Å². The first-order chi connectivity index (χ1) is 19.0. The van der Waals surface area contributed by atoms with Crippen molar-refractivity contribution in [3.8, 4) is 0 Å². The van der Waals surface area contributed by atoms with Gasteiger partial charge in [0.1, 0.15) is 12.6 Å². The molecule has 0 bridgehead atoms. The highest BCUT2D eigenvalue weighted by atomic mass is 16.2. The fourth-order valence-electron chi connectivity index (χ4n) is 5.37. The number of hydrogen-bond acceptors (Lipinski definition) is 6. The smallest absolute Gasteiger partial charge is 0.251 e. The number of allylic oxidation sites excluding steroid dienone is 1. The van der Waals surface area contributed by atoms with E-state index in [1.54, 1.807) is 0 Å². The molecule has 0 radical (unpaired) electrons. The lowest BCUT2D eigenvalue weighted by Crippen LogP contribution is -2.51. The maximum atomic E-state index is 13.7. The van der Waals surface area contributed by atoms with Crippen molar-refractivity contribution in [2.24, 2.45) is 0 Å². The third-order valence-electron chi connectivity index (χ3n) is 7.65. The lowest BCUT2D eigenvalue weighted by atomic mass is 9.99. The Hall–Kier alpha value is -4.46. The zero-order chi connectivity index (χ0) is 26.9. The van der Waals surface area contributed by atoms with E-state index in [0.29, 0.717) is 19.0 Å². The van der Waals surface area contributed by atoms with Gasteiger partial charge in [-0.05, 0) is 66.1 Å². The molecule has 1 amide bonds. The van der Waals surface area contributed by atoms with Crippen LogP contribution in [0.3, 0.4) is 0 Å². The molecule has 1 atom stereocenters. The monoisotopic (exact) mass is 519 g/mol. The molecule has 0 unspecified atom stereocenters. The quantitative estimate of drug-likeness (QED) is 0.389. The molecule has 1 saturated heterocycles. The zero-order valence-electron chi connectivity index (χ0n) is 22.7. The second kappa shape index (κ2) is 10.4. The molecular formula is C31H33N7O. The lowest BCUT2D eigenvalue weighted by molar-refractivity contribution is -0.129. The van der Waals surface area contributed by atoms with Gasteiger partial charge in [0.05, 0.1) is 5.70 Å². The third-order valence-corrected chi connectivity index (χ3v) is 7.65. The Bertz CT molecular complexity index is 1500. The van der Waals surface area contributed by atoms with Crippen LogP contribution < -0.4 is 9.80 Å². The summed E-state index contributed by atoms with van der Waals surface area (Å²) in [6, 6.07) is 25.2. The van der Waals surface area contributed by atoms with Crippen LogP contribution in [0.5, 0.6) is 0 Å². The van der Waals surface area contributed by atoms with E-state index in [0.717, 1.165) is 29.9 Å². The Morgan fingerprint density at radius 3 is 2.23 bits per heavy atom. The van der Waals surface area contributed by atoms with Crippen molar-refractivity contribution in [3.05, 3.63) is 107 Å². The average molecular weight is 520 g/mol. The van der Waals surface area contributed by atoms with Gasteiger partial charge in [-0.2, -0.15) is 4.68 Å². The molecule has 39 heavy (non-hydrogen) atoms. The van der Waals surface area contributed by atoms with E-state index in [-0.39, 0.29) is 18.5 Å². The minimum absolute atomic E-state index is 0.0697. The van der Waals surface area contributed by atoms with Crippen molar-refractivity contribution < 1.29 is 4.79 Å². The number of anilines is 2. The molecule has 1 aromatic heterocycles. The van der Waals surface area contributed by atoms with Gasteiger partial charge in [-0.25, -0.2) is 0 Å². The van der Waals surface area contributed by atoms with Crippen molar-refractivity contribution >= 4 is 23.2 Å². The predicted octanol–water partition coefficient (Wildman–Crippen LogP) is 4.40. The van der Waals surface area contributed by atoms with Crippen molar-refractivity contribution in [3.63, 3.8) is 0 Å². The molecule has 8 nitrogen and oxygen atoms in total. The van der Waals surface area contributed by atoms with Gasteiger partial charge in [0.25, 0.3) is 5.95 Å². The minimum atomic E-state index is -0.170. The molecule has 6 rings (SSSR count). The van der Waals surface area contributed by atoms with E-state index in [1.165, 1.54) is 22.4 Å². The summed E-state index contributed by atoms with van der Waals surface area (Å²) in [5.74, 6) is 0.644. The summed E-state index contributed by atoms with van der Waals surface area (Å²) in [5, 5.41) is 12.7. The molecule has 0 N–H and O–H groups in total. The number of nitrogens with zero attached hydrogens (tertiary/aromatic N) is 7. The van der Waals surface area contributed by atoms with Gasteiger partial charge in [-0.15, -0.1) is 0 Å². The highest BCUT2D eigenvalue weighted by Crippen LogP contribution is 2.36. The number of carbonyl (C=O) groups excluding carboxylic acids is 1. The number of benzene rings is 3. The SMILES string of the molecule is Cc1ccc(C2=C[C@H](c3ccc(C)cc3)n3nnnc3N2CC(=O)N2CCN(c3cccc(C)c3)CC2)cc1. The van der Waals surface area contributed by atoms with Crippen LogP contribution in [0.15, 0.2) is 78.9 Å². The summed E-state index contributed by atoms with van der Waals surface area (Å²) >= 11 is 0. The Morgan fingerprint density at radius 1 is 0.846 bits per heavy atom. The summed E-state index contributed by atoms with van der Waals surface area (Å²) in [6.07, 6.45) is 2.17. The maximum Gasteiger partial charge on any atom is 0.251 e. The largest absolute Gasteiger partial charge is 0.368 e. The Labute approximate surface area is 229 Å². The number of amides is 1. The number of aryl methyl sites for hydroxylation is 3. The van der Waals surface area contributed by atoms with Gasteiger partial charge in [-0.3, -0.25) is 9.69 Å². The molecule has 3 aromatic carbocycles. The number of rotatable bonds is 5. The van der Waals surface area contributed by atoms with Gasteiger partial charge in [0.15, 0.2) is 0 Å². The Morgan fingerprint density at radius 2 is 1.54 bits per heavy atom. The molecular weight excluding hydrogens is 486 g/mol. The molecule has 4 aromatic rings. The number of fused-ring (bicyclic) bond motifs is 1. The average Bonchev–Trinajstić information content (AvgIpc) is 3.45. The van der Waals surface area contributed by atoms with Crippen LogP contribution in [-0.2, 0) is 4.79 Å². The predicted molar refractivity (Wildman–Crippen MR) is 154 cm³/mol. The van der Waals surface area contributed by atoms with E-state index in [2.05, 4.69) is 120 Å². The van der Waals surface area contributed by atoms with Crippen molar-refractivity contribution in [1.82, 2.24) is 25.1 Å². The minimum Gasteiger partial charge on any atom is -0.368 e. The summed E-state index contributed by atoms with van der Waals surface area (Å²) < 4.78 is 1.81. The summed E-state index contributed by atoms with van der Waals surface area (Å²) in [7, 11) is 0. The standard InChI is InChI=1S/C31H33N7O/c1-22-7-11-25(12-8-22)28-20-29(26-13-9-23(2)10-14-26)38-31(32-33-34-38)37(28)21-30(39)36-17-15-35(16-18-36)27-6-4-5-24(3)19-27/h4-14,19-20,29H,15-18,21H2,1-3H3/t29-/m1/s1. The first-order valence-electron chi connectivity index (χ1n) is 13.5. The molecule has 2 aliphatic rings. The van der Waals surface area contributed by atoms with E-state index in [4.69, 9.17) is 0 Å². The highest BCUT2D eigenvalue weighted by molar-refractivity contribution is 5.89. The van der Waals surface area contributed by atoms with Crippen LogP contribution >= 0.6 is 0 Å². The summed E-state index contributed by atoms with van der Waals surface area (Å²) in [5.41, 5.74) is 7.90. The van der Waals surface area contributed by atoms with E-state index in [1.807, 2.05) is 14.5 Å². The topological polar surface area (TPSA) is 70.4 Å². The van der Waals surface area contributed by atoms with Crippen molar-refractivity contribution in [2.75, 3.05) is 42.5 Å². The Kier molecular flexibility index (Phi) is 6.60. The van der Waals surface area contributed by atoms with E-state index >= 15 is 0 Å². The molecule has 0 aliphatic carbocycles. The second-order valence-electron chi connectivity index (χ2n) is 10.5. The fourth-order valence-corrected chi connectivity index (χ4v) is 5.37. The van der Waals surface area contributed by atoms with Crippen LogP contribution in [0.25, 0.3) is 5.70 Å². The molecule has 0 spiro atoms. The van der Waals surface area contributed by atoms with Crippen LogP contribution in [0.4, 0.5) is 11.6 Å². The number of hydrogen-bond donors (Lipinski definition) is 0. The molecule has 3 heterocycles. The van der Waals surface area contributed by atoms with Crippen LogP contribution in [0, 0.1) is 20.8 Å². The van der Waals surface area contributed by atoms with Gasteiger partial charge in [-0.1, -0.05) is 76.9 Å². The summed E-state index contributed by atoms with van der Waals surface area (Å²) in [4.78, 5) is 19.9. The van der Waals surface area contributed by atoms with Crippen LogP contribution in [-0.4, -0.2) is 63.7 Å². The van der Waals surface area contributed by atoms with Gasteiger partial charge < -0.3 is 9.80 Å². The maximum absolute atomic E-state index is 13.7. The van der Waals surface area contributed by atoms with Crippen molar-refractivity contribution in [1.29, 1.82) is 0 Å². The molecule has 0 saturated carbocycles. The first-order valence-corrected chi connectivity index (χ1v) is 13.5. The van der Waals surface area contributed by atoms with E-state index < -0.39 is 0 Å². The second-order valence-corrected chi connectivity index (χ2v) is 10.5. The number of tetrazole rings is 1. The van der Waals surface area contributed by atoms with E-state index in [9.17, 15) is 4.79 Å². The molecule has 198 valence electrons. The highest BCUT2D eigenvalue weighted by Gasteiger charge is 2.33. The number of aromatic nitrogens is 4. The number of carbonyl (C=O) groups is 1. The Balaban J connectivity index is 1.27. The first kappa shape index (κ1) is 24.9. The number of piperazine rings is 1. The lowest BCUT2D eigenvalue weighted by Gasteiger charge is -2.38. The molecule has 1 fully saturated rings. The third kappa shape index (κ3) is 5.02. The van der Waals surface area contributed by atoms with Gasteiger partial charge >= 0.3 is 0 Å². The van der Waals surface area contributed by atoms with Gasteiger partial charge in [0.2, 0.25) is 5.91 Å². The molecule has 2 aliphatic heterocycles. The van der Waals surface area contributed by atoms with Crippen LogP contribution in [0.1, 0.15) is 33.9 Å². The fraction of sp³-hybridized carbons (Fsp3) is 0.290. The summed E-state index contributed by atoms with van der Waals surface area (Å²) in [6.45, 7) is 9.42. The molecule has 8 heteroatoms. The van der Waals surface area contributed by atoms with Crippen LogP contribution in [0.2, 0.25) is 0 Å².